The fourth-order valence-corrected chi connectivity index (χ4v) is 4.79. The van der Waals surface area contributed by atoms with Gasteiger partial charge in [0.25, 0.3) is 0 Å². The Kier molecular flexibility index (Phi) is 2.79. The minimum atomic E-state index is 0.490. The van der Waals surface area contributed by atoms with Gasteiger partial charge in [0.2, 0.25) is 0 Å². The molecule has 23 heavy (non-hydrogen) atoms. The average molecular weight is 294 g/mol. The van der Waals surface area contributed by atoms with Crippen molar-refractivity contribution in [2.24, 2.45) is 23.7 Å². The number of hydrogen-bond acceptors (Lipinski definition) is 0. The Labute approximate surface area is 138 Å². The van der Waals surface area contributed by atoms with E-state index in [1.54, 1.807) is 11.1 Å². The molecule has 0 heterocycles. The van der Waals surface area contributed by atoms with E-state index in [0.717, 1.165) is 0 Å². The quantitative estimate of drug-likeness (QED) is 0.697. The molecule has 0 bridgehead atoms. The molecule has 0 aromatic heterocycles. The van der Waals surface area contributed by atoms with Crippen LogP contribution in [0.15, 0.2) is 90.1 Å². The third kappa shape index (κ3) is 1.86. The van der Waals surface area contributed by atoms with Gasteiger partial charge in [-0.3, -0.25) is 0 Å². The van der Waals surface area contributed by atoms with Gasteiger partial charge in [-0.1, -0.05) is 95.6 Å². The van der Waals surface area contributed by atoms with Crippen LogP contribution in [0, 0.1) is 23.7 Å². The molecule has 110 valence electrons. The van der Waals surface area contributed by atoms with E-state index in [2.05, 4.69) is 86.8 Å². The summed E-state index contributed by atoms with van der Waals surface area (Å²) in [5.41, 5.74) is 7.38. The lowest BCUT2D eigenvalue weighted by atomic mass is 9.71. The molecule has 4 aliphatic rings. The fraction of sp³-hybridized carbons (Fsp3) is 0.182. The molecular formula is C22H19B. The zero-order valence-electron chi connectivity index (χ0n) is 13.3. The van der Waals surface area contributed by atoms with E-state index >= 15 is 0 Å². The second-order valence-corrected chi connectivity index (χ2v) is 7.03. The lowest BCUT2D eigenvalue weighted by Gasteiger charge is -2.32. The Morgan fingerprint density at radius 2 is 1.48 bits per heavy atom. The van der Waals surface area contributed by atoms with Crippen LogP contribution in [-0.4, -0.2) is 7.85 Å². The maximum Gasteiger partial charge on any atom is 0.139 e. The van der Waals surface area contributed by atoms with E-state index in [-0.39, 0.29) is 0 Å². The van der Waals surface area contributed by atoms with Crippen LogP contribution < -0.4 is 5.46 Å². The van der Waals surface area contributed by atoms with E-state index < -0.39 is 0 Å². The summed E-state index contributed by atoms with van der Waals surface area (Å²) in [4.78, 5) is 0. The highest BCUT2D eigenvalue weighted by atomic mass is 14.5. The van der Waals surface area contributed by atoms with E-state index in [1.807, 2.05) is 0 Å². The molecule has 0 amide bonds. The van der Waals surface area contributed by atoms with E-state index in [9.17, 15) is 0 Å². The first-order valence-corrected chi connectivity index (χ1v) is 8.55. The maximum atomic E-state index is 2.40. The van der Waals surface area contributed by atoms with Crippen LogP contribution in [0.2, 0.25) is 0 Å². The normalized spacial score (nSPS) is 32.8. The van der Waals surface area contributed by atoms with Crippen molar-refractivity contribution in [3.05, 3.63) is 95.7 Å². The lowest BCUT2D eigenvalue weighted by molar-refractivity contribution is 0.623. The smallest absolute Gasteiger partial charge is 0.0884 e. The molecule has 0 aliphatic heterocycles. The molecular weight excluding hydrogens is 275 g/mol. The molecule has 1 aromatic carbocycles. The van der Waals surface area contributed by atoms with Gasteiger partial charge < -0.3 is 0 Å². The van der Waals surface area contributed by atoms with Crippen LogP contribution in [0.5, 0.6) is 0 Å². The molecule has 1 fully saturated rings. The van der Waals surface area contributed by atoms with Crippen molar-refractivity contribution >= 4 is 18.9 Å². The van der Waals surface area contributed by atoms with Gasteiger partial charge in [-0.15, -0.1) is 0 Å². The lowest BCUT2D eigenvalue weighted by Crippen LogP contribution is -2.21. The molecule has 4 unspecified atom stereocenters. The molecule has 4 atom stereocenters. The van der Waals surface area contributed by atoms with E-state index in [4.69, 9.17) is 0 Å². The predicted molar refractivity (Wildman–Crippen MR) is 100 cm³/mol. The number of benzene rings is 1. The first-order valence-electron chi connectivity index (χ1n) is 8.55. The third-order valence-corrected chi connectivity index (χ3v) is 5.76. The highest BCUT2D eigenvalue weighted by molar-refractivity contribution is 6.32. The number of allylic oxidation sites excluding steroid dienone is 12. The highest BCUT2D eigenvalue weighted by Crippen LogP contribution is 2.56. The van der Waals surface area contributed by atoms with Crippen LogP contribution in [0.1, 0.15) is 5.56 Å². The average Bonchev–Trinajstić information content (AvgIpc) is 2.92. The molecule has 0 saturated heterocycles. The maximum absolute atomic E-state index is 2.40. The summed E-state index contributed by atoms with van der Waals surface area (Å²) >= 11 is 0. The Bertz CT molecular complexity index is 860. The largest absolute Gasteiger partial charge is 0.139 e. The molecule has 4 aliphatic carbocycles. The van der Waals surface area contributed by atoms with Crippen molar-refractivity contribution in [3.63, 3.8) is 0 Å². The van der Waals surface area contributed by atoms with Crippen LogP contribution in [0.3, 0.4) is 0 Å². The van der Waals surface area contributed by atoms with Gasteiger partial charge >= 0.3 is 0 Å². The van der Waals surface area contributed by atoms with E-state index in [1.165, 1.54) is 16.6 Å². The summed E-state index contributed by atoms with van der Waals surface area (Å²) in [7, 11) is 2.18. The van der Waals surface area contributed by atoms with Crippen molar-refractivity contribution in [3.8, 4) is 0 Å². The zero-order chi connectivity index (χ0) is 15.4. The monoisotopic (exact) mass is 294 g/mol. The second-order valence-electron chi connectivity index (χ2n) is 7.03. The summed E-state index contributed by atoms with van der Waals surface area (Å²) in [6, 6.07) is 8.92. The fourth-order valence-electron chi connectivity index (χ4n) is 4.79. The van der Waals surface area contributed by atoms with Gasteiger partial charge in [-0.25, -0.2) is 0 Å². The number of rotatable bonds is 1. The van der Waals surface area contributed by atoms with Crippen LogP contribution in [-0.2, 0) is 0 Å². The molecule has 0 nitrogen and oxygen atoms in total. The minimum absolute atomic E-state index is 0.490. The minimum Gasteiger partial charge on any atom is -0.0884 e. The highest BCUT2D eigenvalue weighted by Gasteiger charge is 2.46. The second kappa shape index (κ2) is 4.86. The van der Waals surface area contributed by atoms with Crippen LogP contribution in [0.25, 0.3) is 5.57 Å². The number of hydrogen-bond donors (Lipinski definition) is 0. The van der Waals surface area contributed by atoms with Gasteiger partial charge in [-0.05, 0) is 11.1 Å². The summed E-state index contributed by atoms with van der Waals surface area (Å²) < 4.78 is 0. The summed E-state index contributed by atoms with van der Waals surface area (Å²) in [6.07, 6.45) is 21.0. The van der Waals surface area contributed by atoms with Crippen LogP contribution >= 0.6 is 0 Å². The van der Waals surface area contributed by atoms with Gasteiger partial charge in [0.15, 0.2) is 0 Å². The van der Waals surface area contributed by atoms with Gasteiger partial charge in [0, 0.05) is 23.7 Å². The molecule has 0 N–H and O–H groups in total. The Balaban J connectivity index is 1.65. The SMILES string of the molecule is Bc1cccc(C2=CC=C3C4C=CC=CC4C4=CC=CC2C43)c1. The number of fused-ring (bicyclic) bond motifs is 3. The van der Waals surface area contributed by atoms with Crippen molar-refractivity contribution in [2.75, 3.05) is 0 Å². The molecule has 1 saturated carbocycles. The van der Waals surface area contributed by atoms with Crippen molar-refractivity contribution in [2.45, 2.75) is 0 Å². The van der Waals surface area contributed by atoms with Gasteiger partial charge in [0.05, 0.1) is 0 Å². The Hall–Kier alpha value is -2.28. The summed E-state index contributed by atoms with van der Waals surface area (Å²) in [5, 5.41) is 0. The van der Waals surface area contributed by atoms with Gasteiger partial charge in [-0.2, -0.15) is 0 Å². The first-order chi connectivity index (χ1) is 11.3. The molecule has 0 radical (unpaired) electrons. The van der Waals surface area contributed by atoms with Crippen molar-refractivity contribution < 1.29 is 0 Å². The van der Waals surface area contributed by atoms with E-state index in [0.29, 0.717) is 23.7 Å². The van der Waals surface area contributed by atoms with Gasteiger partial charge in [0.1, 0.15) is 7.85 Å². The predicted octanol–water partition coefficient (Wildman–Crippen LogP) is 3.37. The third-order valence-electron chi connectivity index (χ3n) is 5.76. The Morgan fingerprint density at radius 1 is 0.739 bits per heavy atom. The summed E-state index contributed by atoms with van der Waals surface area (Å²) in [6.45, 7) is 0. The standard InChI is InChI=1S/C22H19B/c23-15-6-3-5-14(13-15)16-11-12-21-18-8-2-1-7-17(18)20-10-4-9-19(16)22(20)21/h1-13,17-19,22H,23H2. The van der Waals surface area contributed by atoms with Crippen molar-refractivity contribution in [1.29, 1.82) is 0 Å². The molecule has 1 aromatic rings. The molecule has 1 heteroatoms. The molecule has 5 rings (SSSR count). The topological polar surface area (TPSA) is 0 Å². The van der Waals surface area contributed by atoms with Crippen LogP contribution in [0.4, 0.5) is 0 Å². The zero-order valence-corrected chi connectivity index (χ0v) is 13.3. The Morgan fingerprint density at radius 3 is 2.26 bits per heavy atom. The first kappa shape index (κ1) is 13.2. The molecule has 0 spiro atoms. The summed E-state index contributed by atoms with van der Waals surface area (Å²) in [5.74, 6) is 2.18. The van der Waals surface area contributed by atoms with Crippen molar-refractivity contribution in [1.82, 2.24) is 0 Å².